The molecule has 4 heteroatoms. The molecule has 1 N–H and O–H groups in total. The summed E-state index contributed by atoms with van der Waals surface area (Å²) in [6.45, 7) is 1.92. The zero-order chi connectivity index (χ0) is 20.4. The number of hydrogen-bond acceptors (Lipinski definition) is 4. The van der Waals surface area contributed by atoms with E-state index in [1.807, 2.05) is 37.3 Å². The van der Waals surface area contributed by atoms with Crippen LogP contribution in [-0.2, 0) is 6.42 Å². The van der Waals surface area contributed by atoms with E-state index in [1.54, 1.807) is 48.5 Å². The van der Waals surface area contributed by atoms with E-state index in [1.165, 1.54) is 0 Å². The fourth-order valence-corrected chi connectivity index (χ4v) is 3.56. The zero-order valence-corrected chi connectivity index (χ0v) is 16.0. The molecule has 4 rings (SSSR count). The quantitative estimate of drug-likeness (QED) is 0.467. The molecule has 3 aromatic carbocycles. The average molecular weight is 384 g/mol. The van der Waals surface area contributed by atoms with Gasteiger partial charge < -0.3 is 9.52 Å². The maximum Gasteiger partial charge on any atom is 0.197 e. The lowest BCUT2D eigenvalue weighted by Gasteiger charge is -2.13. The fourth-order valence-electron chi connectivity index (χ4n) is 3.56. The van der Waals surface area contributed by atoms with Crippen LogP contribution in [0, 0.1) is 0 Å². The normalized spacial score (nSPS) is 12.1. The standard InChI is InChI=1S/C25H20O4/c1-2-20-22(19-14-8-9-15-21(19)29-20)24(27)17-12-6-7-13-18(17)25(28)23(26)16-10-4-3-5-11-16/h3-15,23,26H,2H2,1H3. The van der Waals surface area contributed by atoms with E-state index < -0.39 is 11.9 Å². The van der Waals surface area contributed by atoms with E-state index in [2.05, 4.69) is 0 Å². The van der Waals surface area contributed by atoms with Crippen molar-refractivity contribution in [2.45, 2.75) is 19.4 Å². The first kappa shape index (κ1) is 18.8. The maximum absolute atomic E-state index is 13.5. The summed E-state index contributed by atoms with van der Waals surface area (Å²) in [4.78, 5) is 26.5. The molecule has 1 heterocycles. The Labute approximate surface area is 168 Å². The molecule has 1 unspecified atom stereocenters. The van der Waals surface area contributed by atoms with Gasteiger partial charge in [-0.1, -0.05) is 79.7 Å². The van der Waals surface area contributed by atoms with E-state index in [4.69, 9.17) is 4.42 Å². The molecular formula is C25H20O4. The Morgan fingerprint density at radius 2 is 1.48 bits per heavy atom. The number of rotatable bonds is 6. The van der Waals surface area contributed by atoms with Crippen molar-refractivity contribution in [3.8, 4) is 0 Å². The molecule has 0 saturated carbocycles. The Balaban J connectivity index is 1.80. The van der Waals surface area contributed by atoms with Crippen LogP contribution in [0.25, 0.3) is 11.0 Å². The number of furan rings is 1. The van der Waals surface area contributed by atoms with Crippen molar-refractivity contribution in [1.82, 2.24) is 0 Å². The SMILES string of the molecule is CCc1oc2ccccc2c1C(=O)c1ccccc1C(=O)C(O)c1ccccc1. The van der Waals surface area contributed by atoms with Crippen molar-refractivity contribution < 1.29 is 19.1 Å². The topological polar surface area (TPSA) is 67.5 Å². The van der Waals surface area contributed by atoms with Crippen LogP contribution in [-0.4, -0.2) is 16.7 Å². The third-order valence-corrected chi connectivity index (χ3v) is 5.02. The summed E-state index contributed by atoms with van der Waals surface area (Å²) in [5.41, 5.74) is 2.05. The highest BCUT2D eigenvalue weighted by Gasteiger charge is 2.27. The van der Waals surface area contributed by atoms with Crippen LogP contribution in [0.4, 0.5) is 0 Å². The lowest BCUT2D eigenvalue weighted by molar-refractivity contribution is 0.0744. The summed E-state index contributed by atoms with van der Waals surface area (Å²) in [7, 11) is 0. The number of aliphatic hydroxyl groups excluding tert-OH is 1. The highest BCUT2D eigenvalue weighted by Crippen LogP contribution is 2.30. The Morgan fingerprint density at radius 1 is 0.862 bits per heavy atom. The molecule has 4 aromatic rings. The molecule has 0 spiro atoms. The number of aliphatic hydroxyl groups is 1. The van der Waals surface area contributed by atoms with Crippen LogP contribution in [0.1, 0.15) is 50.6 Å². The van der Waals surface area contributed by atoms with E-state index in [0.717, 1.165) is 5.39 Å². The van der Waals surface area contributed by atoms with Gasteiger partial charge in [-0.15, -0.1) is 0 Å². The maximum atomic E-state index is 13.5. The second-order valence-corrected chi connectivity index (χ2v) is 6.80. The molecule has 0 fully saturated rings. The van der Waals surface area contributed by atoms with Gasteiger partial charge in [0.05, 0.1) is 5.56 Å². The van der Waals surface area contributed by atoms with Crippen LogP contribution in [0.15, 0.2) is 83.3 Å². The van der Waals surface area contributed by atoms with Crippen LogP contribution in [0.2, 0.25) is 0 Å². The Morgan fingerprint density at radius 3 is 2.21 bits per heavy atom. The third-order valence-electron chi connectivity index (χ3n) is 5.02. The molecule has 0 aliphatic heterocycles. The second kappa shape index (κ2) is 7.86. The molecular weight excluding hydrogens is 364 g/mol. The van der Waals surface area contributed by atoms with Gasteiger partial charge in [0.1, 0.15) is 17.4 Å². The van der Waals surface area contributed by atoms with Gasteiger partial charge in [0.2, 0.25) is 0 Å². The molecule has 0 aliphatic carbocycles. The van der Waals surface area contributed by atoms with Crippen molar-refractivity contribution in [2.24, 2.45) is 0 Å². The molecule has 144 valence electrons. The predicted molar refractivity (Wildman–Crippen MR) is 111 cm³/mol. The number of hydrogen-bond donors (Lipinski definition) is 1. The molecule has 1 aromatic heterocycles. The monoisotopic (exact) mass is 384 g/mol. The van der Waals surface area contributed by atoms with E-state index in [0.29, 0.717) is 28.9 Å². The van der Waals surface area contributed by atoms with Crippen LogP contribution in [0.3, 0.4) is 0 Å². The number of carbonyl (C=O) groups excluding carboxylic acids is 2. The van der Waals surface area contributed by atoms with Crippen LogP contribution >= 0.6 is 0 Å². The summed E-state index contributed by atoms with van der Waals surface area (Å²) in [5.74, 6) is -0.205. The summed E-state index contributed by atoms with van der Waals surface area (Å²) in [6.07, 6.45) is -0.782. The minimum atomic E-state index is -1.34. The molecule has 29 heavy (non-hydrogen) atoms. The number of aryl methyl sites for hydroxylation is 1. The first-order valence-electron chi connectivity index (χ1n) is 9.53. The van der Waals surface area contributed by atoms with Gasteiger partial charge >= 0.3 is 0 Å². The minimum Gasteiger partial charge on any atom is -0.460 e. The lowest BCUT2D eigenvalue weighted by Crippen LogP contribution is -2.17. The first-order chi connectivity index (χ1) is 14.1. The van der Waals surface area contributed by atoms with Gasteiger partial charge in [-0.05, 0) is 11.6 Å². The minimum absolute atomic E-state index is 0.196. The smallest absolute Gasteiger partial charge is 0.197 e. The fraction of sp³-hybridized carbons (Fsp3) is 0.120. The van der Waals surface area contributed by atoms with Gasteiger partial charge in [-0.3, -0.25) is 9.59 Å². The lowest BCUT2D eigenvalue weighted by atomic mass is 9.91. The Hall–Kier alpha value is -3.50. The van der Waals surface area contributed by atoms with Crippen molar-refractivity contribution in [3.05, 3.63) is 107 Å². The second-order valence-electron chi connectivity index (χ2n) is 6.80. The summed E-state index contributed by atoms with van der Waals surface area (Å²) in [5, 5.41) is 11.3. The number of Topliss-reactive ketones (excluding diaryl/α,β-unsaturated/α-hetero) is 1. The summed E-state index contributed by atoms with van der Waals surface area (Å²) in [6, 6.07) is 22.7. The van der Waals surface area contributed by atoms with Crippen LogP contribution in [0.5, 0.6) is 0 Å². The van der Waals surface area contributed by atoms with Gasteiger partial charge in [-0.25, -0.2) is 0 Å². The van der Waals surface area contributed by atoms with E-state index >= 15 is 0 Å². The average Bonchev–Trinajstić information content (AvgIpc) is 3.17. The predicted octanol–water partition coefficient (Wildman–Crippen LogP) is 5.14. The zero-order valence-electron chi connectivity index (χ0n) is 16.0. The summed E-state index contributed by atoms with van der Waals surface area (Å²) < 4.78 is 5.85. The van der Waals surface area contributed by atoms with Crippen LogP contribution < -0.4 is 0 Å². The molecule has 4 nitrogen and oxygen atoms in total. The Kier molecular flexibility index (Phi) is 5.10. The van der Waals surface area contributed by atoms with E-state index in [9.17, 15) is 14.7 Å². The highest BCUT2D eigenvalue weighted by atomic mass is 16.3. The molecule has 0 bridgehead atoms. The van der Waals surface area contributed by atoms with Crippen molar-refractivity contribution >= 4 is 22.5 Å². The molecule has 0 radical (unpaired) electrons. The molecule has 1 atom stereocenters. The van der Waals surface area contributed by atoms with Gasteiger partial charge in [0.25, 0.3) is 0 Å². The van der Waals surface area contributed by atoms with Crippen molar-refractivity contribution in [3.63, 3.8) is 0 Å². The van der Waals surface area contributed by atoms with Gasteiger partial charge in [0, 0.05) is 22.9 Å². The number of benzene rings is 3. The largest absolute Gasteiger partial charge is 0.460 e. The third kappa shape index (κ3) is 3.39. The number of ketones is 2. The molecule has 0 aliphatic rings. The number of carbonyl (C=O) groups is 2. The van der Waals surface area contributed by atoms with Crippen molar-refractivity contribution in [2.75, 3.05) is 0 Å². The first-order valence-corrected chi connectivity index (χ1v) is 9.53. The van der Waals surface area contributed by atoms with Gasteiger partial charge in [0.15, 0.2) is 11.6 Å². The van der Waals surface area contributed by atoms with Gasteiger partial charge in [-0.2, -0.15) is 0 Å². The van der Waals surface area contributed by atoms with E-state index in [-0.39, 0.29) is 16.9 Å². The number of para-hydroxylation sites is 1. The summed E-state index contributed by atoms with van der Waals surface area (Å²) >= 11 is 0. The molecule has 0 amide bonds. The van der Waals surface area contributed by atoms with Crippen molar-refractivity contribution in [1.29, 1.82) is 0 Å². The Bertz CT molecular complexity index is 1190. The highest BCUT2D eigenvalue weighted by molar-refractivity contribution is 6.21. The molecule has 0 saturated heterocycles. The number of fused-ring (bicyclic) bond motifs is 1.